The minimum absolute atomic E-state index is 0.114. The molecule has 1 heterocycles. The van der Waals surface area contributed by atoms with E-state index in [1.54, 1.807) is 13.8 Å². The number of nitrogen functional groups attached to an aromatic ring is 1. The fraction of sp³-hybridized carbons (Fsp3) is 0.423. The Morgan fingerprint density at radius 1 is 1.13 bits per heavy atom. The topological polar surface area (TPSA) is 129 Å². The number of urea groups is 1. The van der Waals surface area contributed by atoms with Gasteiger partial charge in [-0.05, 0) is 62.6 Å². The lowest BCUT2D eigenvalue weighted by Gasteiger charge is -2.18. The Morgan fingerprint density at radius 2 is 1.87 bits per heavy atom. The summed E-state index contributed by atoms with van der Waals surface area (Å²) in [5.74, 6) is -1.39. The summed E-state index contributed by atoms with van der Waals surface area (Å²) < 4.78 is 39.7. The van der Waals surface area contributed by atoms with Gasteiger partial charge in [0, 0.05) is 37.4 Å². The zero-order valence-electron chi connectivity index (χ0n) is 21.5. The van der Waals surface area contributed by atoms with Gasteiger partial charge in [0.05, 0.1) is 23.4 Å². The molecule has 38 heavy (non-hydrogen) atoms. The van der Waals surface area contributed by atoms with Crippen molar-refractivity contribution in [3.63, 3.8) is 0 Å². The molecule has 1 atom stereocenters. The highest BCUT2D eigenvalue weighted by molar-refractivity contribution is 6.04. The lowest BCUT2D eigenvalue weighted by Crippen LogP contribution is -2.43. The van der Waals surface area contributed by atoms with Gasteiger partial charge in [-0.2, -0.15) is 13.2 Å². The first kappa shape index (κ1) is 28.8. The summed E-state index contributed by atoms with van der Waals surface area (Å²) in [6.07, 6.45) is -3.97. The minimum atomic E-state index is -4.69. The quantitative estimate of drug-likeness (QED) is 0.332. The van der Waals surface area contributed by atoms with E-state index >= 15 is 0 Å². The summed E-state index contributed by atoms with van der Waals surface area (Å²) in [5, 5.41) is 10.1. The normalized spacial score (nSPS) is 15.8. The molecule has 4 amide bonds. The summed E-state index contributed by atoms with van der Waals surface area (Å²) >= 11 is 0. The van der Waals surface area contributed by atoms with Crippen LogP contribution in [0.4, 0.5) is 29.3 Å². The predicted molar refractivity (Wildman–Crippen MR) is 138 cm³/mol. The van der Waals surface area contributed by atoms with Gasteiger partial charge in [0.2, 0.25) is 5.91 Å². The summed E-state index contributed by atoms with van der Waals surface area (Å²) in [6, 6.07) is 7.29. The molecule has 2 aromatic rings. The number of nitrogens with one attached hydrogen (secondary N) is 4. The van der Waals surface area contributed by atoms with E-state index in [4.69, 9.17) is 5.73 Å². The van der Waals surface area contributed by atoms with E-state index in [1.807, 2.05) is 25.1 Å². The molecule has 1 fully saturated rings. The monoisotopic (exact) mass is 534 g/mol. The van der Waals surface area contributed by atoms with E-state index < -0.39 is 41.7 Å². The molecule has 0 aromatic heterocycles. The molecule has 0 bridgehead atoms. The van der Waals surface area contributed by atoms with Crippen molar-refractivity contribution in [2.75, 3.05) is 30.7 Å². The first-order valence-corrected chi connectivity index (χ1v) is 12.3. The van der Waals surface area contributed by atoms with Crippen molar-refractivity contribution in [1.29, 1.82) is 0 Å². The number of carbonyl (C=O) groups excluding carboxylic acids is 3. The highest BCUT2D eigenvalue weighted by atomic mass is 19.4. The maximum atomic E-state index is 13.2. The Labute approximate surface area is 219 Å². The molecule has 6 N–H and O–H groups in total. The zero-order valence-corrected chi connectivity index (χ0v) is 21.5. The second-order valence-electron chi connectivity index (χ2n) is 9.67. The van der Waals surface area contributed by atoms with Crippen LogP contribution in [0.1, 0.15) is 47.3 Å². The number of alkyl halides is 3. The van der Waals surface area contributed by atoms with Crippen LogP contribution in [-0.2, 0) is 17.5 Å². The van der Waals surface area contributed by atoms with E-state index in [0.717, 1.165) is 35.5 Å². The summed E-state index contributed by atoms with van der Waals surface area (Å²) in [6.45, 7) is 6.98. The first-order chi connectivity index (χ1) is 17.8. The molecule has 0 spiro atoms. The van der Waals surface area contributed by atoms with E-state index in [1.165, 1.54) is 0 Å². The standard InChI is InChI=1S/C26H33F3N6O3/c1-15(2)32-25(38)34-22-7-6-18(26(27,28)29)11-20(22)24(37)31-12-23(36)33-19-8-9-35(14-19)13-17-5-4-16(3)21(30)10-17/h4-7,10-11,15,19H,8-9,12-14,30H2,1-3H3,(H,31,37)(H,33,36)(H2,32,34,38)/t19-/m1/s1. The lowest BCUT2D eigenvalue weighted by molar-refractivity contribution is -0.137. The van der Waals surface area contributed by atoms with Crippen molar-refractivity contribution in [1.82, 2.24) is 20.9 Å². The number of rotatable bonds is 8. The van der Waals surface area contributed by atoms with Crippen LogP contribution >= 0.6 is 0 Å². The molecule has 1 aliphatic rings. The van der Waals surface area contributed by atoms with Crippen molar-refractivity contribution >= 4 is 29.2 Å². The zero-order chi connectivity index (χ0) is 28.0. The number of amides is 4. The SMILES string of the molecule is Cc1ccc(CN2CC[C@@H](NC(=O)CNC(=O)c3cc(C(F)(F)F)ccc3NC(=O)NC(C)C)C2)cc1N. The Balaban J connectivity index is 1.57. The third-order valence-corrected chi connectivity index (χ3v) is 6.06. The molecule has 0 unspecified atom stereocenters. The van der Waals surface area contributed by atoms with Crippen LogP contribution in [0.2, 0.25) is 0 Å². The third-order valence-electron chi connectivity index (χ3n) is 6.06. The highest BCUT2D eigenvalue weighted by Gasteiger charge is 2.32. The van der Waals surface area contributed by atoms with Crippen LogP contribution < -0.4 is 27.0 Å². The number of nitrogens with two attached hydrogens (primary N) is 1. The first-order valence-electron chi connectivity index (χ1n) is 12.3. The van der Waals surface area contributed by atoms with Crippen LogP contribution in [0, 0.1) is 6.92 Å². The van der Waals surface area contributed by atoms with Gasteiger partial charge < -0.3 is 27.0 Å². The Hall–Kier alpha value is -3.80. The van der Waals surface area contributed by atoms with Crippen molar-refractivity contribution in [2.45, 2.75) is 52.0 Å². The van der Waals surface area contributed by atoms with Gasteiger partial charge in [-0.25, -0.2) is 4.79 Å². The van der Waals surface area contributed by atoms with Gasteiger partial charge in [0.25, 0.3) is 5.91 Å². The van der Waals surface area contributed by atoms with Crippen LogP contribution in [-0.4, -0.2) is 54.5 Å². The molecule has 1 aliphatic heterocycles. The molecule has 0 saturated carbocycles. The number of hydrogen-bond donors (Lipinski definition) is 5. The minimum Gasteiger partial charge on any atom is -0.399 e. The summed E-state index contributed by atoms with van der Waals surface area (Å²) in [5.41, 5.74) is 7.21. The highest BCUT2D eigenvalue weighted by Crippen LogP contribution is 2.32. The molecule has 0 radical (unpaired) electrons. The fourth-order valence-electron chi connectivity index (χ4n) is 4.11. The molecule has 0 aliphatic carbocycles. The Morgan fingerprint density at radius 3 is 2.53 bits per heavy atom. The average molecular weight is 535 g/mol. The van der Waals surface area contributed by atoms with Crippen molar-refractivity contribution in [3.05, 3.63) is 58.7 Å². The second kappa shape index (κ2) is 12.2. The number of benzene rings is 2. The van der Waals surface area contributed by atoms with Crippen LogP contribution in [0.15, 0.2) is 36.4 Å². The van der Waals surface area contributed by atoms with E-state index in [-0.39, 0.29) is 17.8 Å². The van der Waals surface area contributed by atoms with E-state index in [9.17, 15) is 27.6 Å². The summed E-state index contributed by atoms with van der Waals surface area (Å²) in [4.78, 5) is 39.5. The molecule has 1 saturated heterocycles. The van der Waals surface area contributed by atoms with E-state index in [0.29, 0.717) is 25.6 Å². The number of anilines is 2. The summed E-state index contributed by atoms with van der Waals surface area (Å²) in [7, 11) is 0. The van der Waals surface area contributed by atoms with Crippen LogP contribution in [0.3, 0.4) is 0 Å². The predicted octanol–water partition coefficient (Wildman–Crippen LogP) is 3.25. The molecule has 2 aromatic carbocycles. The number of hydrogen-bond acceptors (Lipinski definition) is 5. The van der Waals surface area contributed by atoms with Crippen molar-refractivity contribution < 1.29 is 27.6 Å². The van der Waals surface area contributed by atoms with Gasteiger partial charge in [0.15, 0.2) is 0 Å². The maximum Gasteiger partial charge on any atom is 0.416 e. The lowest BCUT2D eigenvalue weighted by atomic mass is 10.1. The number of carbonyl (C=O) groups is 3. The smallest absolute Gasteiger partial charge is 0.399 e. The van der Waals surface area contributed by atoms with Gasteiger partial charge in [-0.3, -0.25) is 14.5 Å². The number of likely N-dealkylation sites (tertiary alicyclic amines) is 1. The van der Waals surface area contributed by atoms with Crippen LogP contribution in [0.5, 0.6) is 0 Å². The Bertz CT molecular complexity index is 1190. The maximum absolute atomic E-state index is 13.2. The molecular weight excluding hydrogens is 501 g/mol. The van der Waals surface area contributed by atoms with Crippen molar-refractivity contribution in [3.8, 4) is 0 Å². The Kier molecular flexibility index (Phi) is 9.21. The molecule has 206 valence electrons. The third kappa shape index (κ3) is 8.10. The average Bonchev–Trinajstić information content (AvgIpc) is 3.25. The second-order valence-corrected chi connectivity index (χ2v) is 9.67. The number of nitrogens with zero attached hydrogens (tertiary/aromatic N) is 1. The van der Waals surface area contributed by atoms with Gasteiger partial charge >= 0.3 is 12.2 Å². The molecule has 9 nitrogen and oxygen atoms in total. The number of halogens is 3. The number of aryl methyl sites for hydroxylation is 1. The van der Waals surface area contributed by atoms with Gasteiger partial charge in [0.1, 0.15) is 0 Å². The molecule has 12 heteroatoms. The molecule has 3 rings (SSSR count). The van der Waals surface area contributed by atoms with Crippen molar-refractivity contribution in [2.24, 2.45) is 0 Å². The van der Waals surface area contributed by atoms with E-state index in [2.05, 4.69) is 26.2 Å². The molecular formula is C26H33F3N6O3. The fourth-order valence-corrected chi connectivity index (χ4v) is 4.11. The largest absolute Gasteiger partial charge is 0.416 e. The van der Waals surface area contributed by atoms with Crippen LogP contribution in [0.25, 0.3) is 0 Å². The van der Waals surface area contributed by atoms with Gasteiger partial charge in [-0.15, -0.1) is 0 Å². The van der Waals surface area contributed by atoms with Gasteiger partial charge in [-0.1, -0.05) is 12.1 Å².